The normalized spacial score (nSPS) is 33.6. The number of nitrogens with zero attached hydrogens (tertiary/aromatic N) is 1. The van der Waals surface area contributed by atoms with Gasteiger partial charge >= 0.3 is 0 Å². The molecule has 0 bridgehead atoms. The first-order valence-corrected chi connectivity index (χ1v) is 6.76. The SMILES string of the molecule is CC1CCCC1C(=O)N(C)CC1CNCCO1. The van der Waals surface area contributed by atoms with E-state index in [1.54, 1.807) is 0 Å². The summed E-state index contributed by atoms with van der Waals surface area (Å²) >= 11 is 0. The van der Waals surface area contributed by atoms with Crippen LogP contribution in [-0.4, -0.2) is 50.2 Å². The zero-order valence-electron chi connectivity index (χ0n) is 10.9. The third-order valence-corrected chi connectivity index (χ3v) is 4.04. The van der Waals surface area contributed by atoms with Gasteiger partial charge in [0.25, 0.3) is 0 Å². The van der Waals surface area contributed by atoms with E-state index in [0.29, 0.717) is 11.8 Å². The van der Waals surface area contributed by atoms with E-state index in [2.05, 4.69) is 12.2 Å². The number of carbonyl (C=O) groups is 1. The van der Waals surface area contributed by atoms with Crippen LogP contribution in [0, 0.1) is 11.8 Å². The number of rotatable bonds is 3. The van der Waals surface area contributed by atoms with Gasteiger partial charge in [-0.2, -0.15) is 0 Å². The summed E-state index contributed by atoms with van der Waals surface area (Å²) in [6, 6.07) is 0. The predicted octanol–water partition coefficient (Wildman–Crippen LogP) is 0.869. The molecule has 1 amide bonds. The Labute approximate surface area is 104 Å². The Bertz CT molecular complexity index is 264. The van der Waals surface area contributed by atoms with Gasteiger partial charge in [-0.1, -0.05) is 13.3 Å². The number of likely N-dealkylation sites (N-methyl/N-ethyl adjacent to an activating group) is 1. The van der Waals surface area contributed by atoms with Gasteiger partial charge in [0.05, 0.1) is 12.7 Å². The molecule has 2 aliphatic rings. The van der Waals surface area contributed by atoms with Crippen LogP contribution in [0.3, 0.4) is 0 Å². The monoisotopic (exact) mass is 240 g/mol. The van der Waals surface area contributed by atoms with Crippen molar-refractivity contribution >= 4 is 5.91 Å². The van der Waals surface area contributed by atoms with Gasteiger partial charge in [-0.25, -0.2) is 0 Å². The molecule has 3 atom stereocenters. The third-order valence-electron chi connectivity index (χ3n) is 4.04. The molecule has 2 rings (SSSR count). The van der Waals surface area contributed by atoms with E-state index in [-0.39, 0.29) is 12.0 Å². The quantitative estimate of drug-likeness (QED) is 0.796. The maximum atomic E-state index is 12.3. The fraction of sp³-hybridized carbons (Fsp3) is 0.923. The number of morpholine rings is 1. The highest BCUT2D eigenvalue weighted by Gasteiger charge is 2.32. The van der Waals surface area contributed by atoms with Gasteiger partial charge in [-0.3, -0.25) is 4.79 Å². The standard InChI is InChI=1S/C13H24N2O2/c1-10-4-3-5-12(10)13(16)15(2)9-11-8-14-6-7-17-11/h10-12,14H,3-9H2,1-2H3. The predicted molar refractivity (Wildman–Crippen MR) is 66.8 cm³/mol. The molecule has 98 valence electrons. The summed E-state index contributed by atoms with van der Waals surface area (Å²) in [4.78, 5) is 14.1. The van der Waals surface area contributed by atoms with Gasteiger partial charge < -0.3 is 15.0 Å². The van der Waals surface area contributed by atoms with Gasteiger partial charge in [0.1, 0.15) is 0 Å². The zero-order chi connectivity index (χ0) is 12.3. The lowest BCUT2D eigenvalue weighted by Crippen LogP contribution is -2.47. The Morgan fingerprint density at radius 2 is 2.29 bits per heavy atom. The minimum atomic E-state index is 0.161. The molecule has 1 saturated heterocycles. The van der Waals surface area contributed by atoms with Crippen molar-refractivity contribution in [2.75, 3.05) is 33.3 Å². The average Bonchev–Trinajstić information content (AvgIpc) is 2.76. The lowest BCUT2D eigenvalue weighted by Gasteiger charge is -2.30. The minimum Gasteiger partial charge on any atom is -0.374 e. The summed E-state index contributed by atoms with van der Waals surface area (Å²) < 4.78 is 5.63. The molecule has 17 heavy (non-hydrogen) atoms. The lowest BCUT2D eigenvalue weighted by molar-refractivity contribution is -0.137. The van der Waals surface area contributed by atoms with Crippen LogP contribution in [0.2, 0.25) is 0 Å². The topological polar surface area (TPSA) is 41.6 Å². The van der Waals surface area contributed by atoms with E-state index in [4.69, 9.17) is 4.74 Å². The zero-order valence-corrected chi connectivity index (χ0v) is 10.9. The van der Waals surface area contributed by atoms with Crippen molar-refractivity contribution in [1.29, 1.82) is 0 Å². The molecular weight excluding hydrogens is 216 g/mol. The first kappa shape index (κ1) is 12.8. The average molecular weight is 240 g/mol. The van der Waals surface area contributed by atoms with Gasteiger partial charge in [0.2, 0.25) is 5.91 Å². The largest absolute Gasteiger partial charge is 0.374 e. The molecule has 0 aromatic carbocycles. The van der Waals surface area contributed by atoms with E-state index < -0.39 is 0 Å². The third kappa shape index (κ3) is 3.19. The van der Waals surface area contributed by atoms with Crippen molar-refractivity contribution in [2.45, 2.75) is 32.3 Å². The summed E-state index contributed by atoms with van der Waals surface area (Å²) in [5.41, 5.74) is 0. The molecule has 4 nitrogen and oxygen atoms in total. The molecule has 0 aromatic heterocycles. The van der Waals surface area contributed by atoms with Crippen LogP contribution in [0.5, 0.6) is 0 Å². The van der Waals surface area contributed by atoms with Crippen molar-refractivity contribution in [3.63, 3.8) is 0 Å². The molecule has 0 radical (unpaired) electrons. The summed E-state index contributed by atoms with van der Waals surface area (Å²) in [7, 11) is 1.91. The number of ether oxygens (including phenoxy) is 1. The molecule has 0 spiro atoms. The van der Waals surface area contributed by atoms with Crippen LogP contribution in [0.15, 0.2) is 0 Å². The van der Waals surface area contributed by atoms with Crippen LogP contribution in [-0.2, 0) is 9.53 Å². The Kier molecular flexibility index (Phi) is 4.40. The van der Waals surface area contributed by atoms with Crippen molar-refractivity contribution in [3.8, 4) is 0 Å². The van der Waals surface area contributed by atoms with E-state index >= 15 is 0 Å². The van der Waals surface area contributed by atoms with Crippen molar-refractivity contribution in [1.82, 2.24) is 10.2 Å². The van der Waals surface area contributed by atoms with Crippen LogP contribution in [0.1, 0.15) is 26.2 Å². The van der Waals surface area contributed by atoms with Crippen LogP contribution < -0.4 is 5.32 Å². The maximum Gasteiger partial charge on any atom is 0.225 e. The Balaban J connectivity index is 1.81. The summed E-state index contributed by atoms with van der Waals surface area (Å²) in [5, 5.41) is 3.29. The smallest absolute Gasteiger partial charge is 0.225 e. The summed E-state index contributed by atoms with van der Waals surface area (Å²) in [6.45, 7) is 5.45. The highest BCUT2D eigenvalue weighted by molar-refractivity contribution is 5.79. The highest BCUT2D eigenvalue weighted by atomic mass is 16.5. The van der Waals surface area contributed by atoms with E-state index in [1.165, 1.54) is 12.8 Å². The molecule has 3 unspecified atom stereocenters. The molecule has 1 aliphatic carbocycles. The molecule has 1 N–H and O–H groups in total. The van der Waals surface area contributed by atoms with Crippen molar-refractivity contribution in [3.05, 3.63) is 0 Å². The Morgan fingerprint density at radius 3 is 2.88 bits per heavy atom. The second-order valence-electron chi connectivity index (χ2n) is 5.43. The van der Waals surface area contributed by atoms with Crippen molar-refractivity contribution in [2.24, 2.45) is 11.8 Å². The number of nitrogens with one attached hydrogen (secondary N) is 1. The van der Waals surface area contributed by atoms with Gasteiger partial charge in [-0.05, 0) is 18.8 Å². The number of carbonyl (C=O) groups excluding carboxylic acids is 1. The number of amides is 1. The maximum absolute atomic E-state index is 12.3. The molecule has 1 heterocycles. The van der Waals surface area contributed by atoms with E-state index in [0.717, 1.165) is 32.7 Å². The molecule has 1 aliphatic heterocycles. The number of hydrogen-bond donors (Lipinski definition) is 1. The number of hydrogen-bond acceptors (Lipinski definition) is 3. The second-order valence-corrected chi connectivity index (χ2v) is 5.43. The molecule has 2 fully saturated rings. The van der Waals surface area contributed by atoms with Gasteiger partial charge in [-0.15, -0.1) is 0 Å². The lowest BCUT2D eigenvalue weighted by atomic mass is 9.96. The van der Waals surface area contributed by atoms with Crippen LogP contribution in [0.25, 0.3) is 0 Å². The van der Waals surface area contributed by atoms with E-state index in [9.17, 15) is 4.79 Å². The van der Waals surface area contributed by atoms with Gasteiger partial charge in [0, 0.05) is 32.6 Å². The van der Waals surface area contributed by atoms with Crippen LogP contribution >= 0.6 is 0 Å². The van der Waals surface area contributed by atoms with Crippen LogP contribution in [0.4, 0.5) is 0 Å². The fourth-order valence-corrected chi connectivity index (χ4v) is 2.93. The first-order valence-electron chi connectivity index (χ1n) is 6.76. The van der Waals surface area contributed by atoms with Crippen molar-refractivity contribution < 1.29 is 9.53 Å². The molecule has 1 saturated carbocycles. The first-order chi connectivity index (χ1) is 8.18. The summed E-state index contributed by atoms with van der Waals surface area (Å²) in [5.74, 6) is 1.11. The summed E-state index contributed by atoms with van der Waals surface area (Å²) in [6.07, 6.45) is 3.63. The molecule has 4 heteroatoms. The Morgan fingerprint density at radius 1 is 1.47 bits per heavy atom. The highest BCUT2D eigenvalue weighted by Crippen LogP contribution is 2.32. The second kappa shape index (κ2) is 5.83. The van der Waals surface area contributed by atoms with Gasteiger partial charge in [0.15, 0.2) is 0 Å². The minimum absolute atomic E-state index is 0.161. The molecular formula is C13H24N2O2. The van der Waals surface area contributed by atoms with E-state index in [1.807, 2.05) is 11.9 Å². The molecule has 0 aromatic rings. The fourth-order valence-electron chi connectivity index (χ4n) is 2.93. The Hall–Kier alpha value is -0.610.